The highest BCUT2D eigenvalue weighted by Gasteiger charge is 2.25. The number of hydrazone groups is 1. The molecule has 1 aliphatic rings. The minimum absolute atomic E-state index is 0.496. The first-order valence-corrected chi connectivity index (χ1v) is 18.4. The van der Waals surface area contributed by atoms with Crippen LogP contribution in [0.5, 0.6) is 0 Å². The third-order valence-electron chi connectivity index (χ3n) is 7.11. The Morgan fingerprint density at radius 3 is 2.38 bits per heavy atom. The average molecular weight is 569 g/mol. The van der Waals surface area contributed by atoms with E-state index in [2.05, 4.69) is 95.9 Å². The highest BCUT2D eigenvalue weighted by molar-refractivity contribution is 7.19. The van der Waals surface area contributed by atoms with Crippen LogP contribution in [0.3, 0.4) is 0 Å². The minimum Gasteiger partial charge on any atom is -0.360 e. The van der Waals surface area contributed by atoms with Crippen molar-refractivity contribution in [1.29, 1.82) is 0 Å². The van der Waals surface area contributed by atoms with Gasteiger partial charge in [-0.05, 0) is 23.2 Å². The van der Waals surface area contributed by atoms with E-state index in [0.717, 1.165) is 48.6 Å². The molecule has 0 aliphatic carbocycles. The van der Waals surface area contributed by atoms with Crippen LogP contribution in [0.4, 0.5) is 0 Å². The van der Waals surface area contributed by atoms with Crippen LogP contribution in [0.2, 0.25) is 25.7 Å². The van der Waals surface area contributed by atoms with Crippen LogP contribution in [0.1, 0.15) is 33.1 Å². The van der Waals surface area contributed by atoms with Gasteiger partial charge in [-0.2, -0.15) is 10.2 Å². The van der Waals surface area contributed by atoms with Gasteiger partial charge < -0.3 is 9.30 Å². The van der Waals surface area contributed by atoms with Crippen LogP contribution in [0.15, 0.2) is 78.0 Å². The number of hydrogen-bond acceptors (Lipinski definition) is 6. The van der Waals surface area contributed by atoms with Gasteiger partial charge in [0.1, 0.15) is 11.7 Å². The van der Waals surface area contributed by atoms with Crippen molar-refractivity contribution in [2.75, 3.05) is 6.61 Å². The number of fused-ring (bicyclic) bond motifs is 3. The molecule has 0 spiro atoms. The second-order valence-corrected chi connectivity index (χ2v) is 18.3. The molecule has 0 atom stereocenters. The summed E-state index contributed by atoms with van der Waals surface area (Å²) in [6, 6.07) is 24.4. The fourth-order valence-electron chi connectivity index (χ4n) is 4.94. The molecule has 0 saturated heterocycles. The molecule has 0 fully saturated rings. The molecule has 0 bridgehead atoms. The van der Waals surface area contributed by atoms with Crippen LogP contribution in [-0.4, -0.2) is 45.2 Å². The first kappa shape index (κ1) is 26.7. The van der Waals surface area contributed by atoms with Gasteiger partial charge in [0.2, 0.25) is 0 Å². The van der Waals surface area contributed by atoms with Crippen molar-refractivity contribution in [3.63, 3.8) is 0 Å². The smallest absolute Gasteiger partial charge is 0.152 e. The van der Waals surface area contributed by atoms with Gasteiger partial charge in [-0.1, -0.05) is 80.3 Å². The molecule has 0 N–H and O–H groups in total. The summed E-state index contributed by atoms with van der Waals surface area (Å²) < 4.78 is 11.4. The molecule has 1 aliphatic heterocycles. The minimum atomic E-state index is -1.09. The van der Waals surface area contributed by atoms with Gasteiger partial charge in [0.05, 0.1) is 35.4 Å². The van der Waals surface area contributed by atoms with Gasteiger partial charge in [-0.25, -0.2) is 9.67 Å². The molecule has 0 saturated carbocycles. The first-order valence-electron chi connectivity index (χ1n) is 13.9. The van der Waals surface area contributed by atoms with E-state index in [1.54, 1.807) is 11.3 Å². The quantitative estimate of drug-likeness (QED) is 0.133. The van der Waals surface area contributed by atoms with Crippen LogP contribution in [-0.2, 0) is 37.5 Å². The van der Waals surface area contributed by atoms with E-state index in [0.29, 0.717) is 13.2 Å². The van der Waals surface area contributed by atoms with Crippen LogP contribution in [0, 0.1) is 0 Å². The highest BCUT2D eigenvalue weighted by Crippen LogP contribution is 2.34. The molecule has 3 aromatic heterocycles. The van der Waals surface area contributed by atoms with E-state index in [9.17, 15) is 0 Å². The number of thiazole rings is 1. The Hall–Kier alpha value is -3.53. The van der Waals surface area contributed by atoms with Crippen LogP contribution in [0.25, 0.3) is 10.3 Å². The number of hydrogen-bond donors (Lipinski definition) is 0. The van der Waals surface area contributed by atoms with Gasteiger partial charge in [-0.3, -0.25) is 5.01 Å². The molecule has 0 amide bonds. The average Bonchev–Trinajstić information content (AvgIpc) is 3.63. The third-order valence-corrected chi connectivity index (χ3v) is 9.89. The molecule has 5 aromatic rings. The number of rotatable bonds is 11. The fourth-order valence-corrected chi connectivity index (χ4v) is 6.81. The molecule has 0 radical (unpaired) electrons. The summed E-state index contributed by atoms with van der Waals surface area (Å²) in [6.45, 7) is 10.7. The Labute approximate surface area is 240 Å². The Kier molecular flexibility index (Phi) is 7.69. The van der Waals surface area contributed by atoms with Gasteiger partial charge >= 0.3 is 0 Å². The van der Waals surface area contributed by atoms with E-state index in [-0.39, 0.29) is 0 Å². The summed E-state index contributed by atoms with van der Waals surface area (Å²) in [5.41, 5.74) is 7.04. The van der Waals surface area contributed by atoms with E-state index < -0.39 is 8.07 Å². The molecule has 2 aromatic carbocycles. The number of nitrogens with zero attached hydrogens (tertiary/aromatic N) is 6. The predicted molar refractivity (Wildman–Crippen MR) is 166 cm³/mol. The molecular weight excluding hydrogens is 533 g/mol. The lowest BCUT2D eigenvalue weighted by Gasteiger charge is -2.24. The second kappa shape index (κ2) is 11.5. The monoisotopic (exact) mass is 568 g/mol. The Morgan fingerprint density at radius 1 is 0.925 bits per heavy atom. The largest absolute Gasteiger partial charge is 0.360 e. The molecule has 9 heteroatoms. The number of benzene rings is 2. The van der Waals surface area contributed by atoms with Crippen molar-refractivity contribution in [1.82, 2.24) is 24.3 Å². The zero-order valence-electron chi connectivity index (χ0n) is 23.5. The molecule has 206 valence electrons. The van der Waals surface area contributed by atoms with Gasteiger partial charge in [0.15, 0.2) is 5.65 Å². The molecule has 0 unspecified atom stereocenters. The molecule has 6 rings (SSSR count). The van der Waals surface area contributed by atoms with E-state index in [1.807, 2.05) is 17.1 Å². The number of aromatic nitrogens is 4. The van der Waals surface area contributed by atoms with E-state index in [4.69, 9.17) is 19.9 Å². The zero-order valence-corrected chi connectivity index (χ0v) is 25.3. The lowest BCUT2D eigenvalue weighted by Crippen LogP contribution is -2.23. The van der Waals surface area contributed by atoms with Crippen molar-refractivity contribution < 1.29 is 4.74 Å². The lowest BCUT2D eigenvalue weighted by atomic mass is 10.2. The van der Waals surface area contributed by atoms with Crippen LogP contribution >= 0.6 is 11.3 Å². The Bertz CT molecular complexity index is 1600. The topological polar surface area (TPSA) is 60.5 Å². The summed E-state index contributed by atoms with van der Waals surface area (Å²) in [7, 11) is -1.09. The van der Waals surface area contributed by atoms with Crippen molar-refractivity contribution in [2.45, 2.75) is 58.5 Å². The zero-order chi connectivity index (χ0) is 27.5. The van der Waals surface area contributed by atoms with Gasteiger partial charge in [0.25, 0.3) is 0 Å². The Morgan fingerprint density at radius 2 is 1.65 bits per heavy atom. The van der Waals surface area contributed by atoms with Gasteiger partial charge in [0, 0.05) is 39.4 Å². The standard InChI is InChI=1S/C31H36N6OSSi/c1-40(2,3)17-16-38-23-35-15-14-26(34-35)18-29-33-31-30(39-29)27-19-32-36(20-24-10-6-4-7-11-24)22-28(27)37(31)21-25-12-8-5-9-13-25/h4-15,19H,16-18,20-23H2,1-3H3. The SMILES string of the molecule is C[Si](C)(C)CCOCn1ccc(Cc2nc3c(s2)c2c(n3Cc3ccccc3)CN(Cc3ccccc3)N=C2)n1. The maximum Gasteiger partial charge on any atom is 0.152 e. The fraction of sp³-hybridized carbons (Fsp3) is 0.323. The predicted octanol–water partition coefficient (Wildman–Crippen LogP) is 6.60. The van der Waals surface area contributed by atoms with Crippen molar-refractivity contribution in [2.24, 2.45) is 5.10 Å². The third kappa shape index (κ3) is 6.27. The van der Waals surface area contributed by atoms with Crippen molar-refractivity contribution in [3.05, 3.63) is 106 Å². The molecule has 40 heavy (non-hydrogen) atoms. The van der Waals surface area contributed by atoms with Crippen molar-refractivity contribution in [3.8, 4) is 0 Å². The highest BCUT2D eigenvalue weighted by atomic mass is 32.1. The summed E-state index contributed by atoms with van der Waals surface area (Å²) >= 11 is 1.76. The summed E-state index contributed by atoms with van der Waals surface area (Å²) in [5.74, 6) is 0. The molecule has 4 heterocycles. The number of ether oxygens (including phenoxy) is 1. The first-order chi connectivity index (χ1) is 19.4. The van der Waals surface area contributed by atoms with E-state index >= 15 is 0 Å². The van der Waals surface area contributed by atoms with Crippen molar-refractivity contribution >= 4 is 36.0 Å². The normalized spacial score (nSPS) is 13.3. The van der Waals surface area contributed by atoms with E-state index in [1.165, 1.54) is 27.1 Å². The summed E-state index contributed by atoms with van der Waals surface area (Å²) in [5, 5.41) is 12.8. The van der Waals surface area contributed by atoms with Gasteiger partial charge in [-0.15, -0.1) is 11.3 Å². The Balaban J connectivity index is 1.23. The second-order valence-electron chi connectivity index (χ2n) is 11.6. The molecule has 7 nitrogen and oxygen atoms in total. The van der Waals surface area contributed by atoms with Crippen LogP contribution < -0.4 is 0 Å². The maximum atomic E-state index is 5.88. The summed E-state index contributed by atoms with van der Waals surface area (Å²) in [4.78, 5) is 5.16. The lowest BCUT2D eigenvalue weighted by molar-refractivity contribution is 0.0783. The summed E-state index contributed by atoms with van der Waals surface area (Å²) in [6.07, 6.45) is 4.74. The molecular formula is C31H36N6OSSi. The maximum absolute atomic E-state index is 5.88.